The molecule has 0 radical (unpaired) electrons. The fourth-order valence-corrected chi connectivity index (χ4v) is 1.21. The second kappa shape index (κ2) is 3.22. The fourth-order valence-electron chi connectivity index (χ4n) is 0.606. The Bertz CT molecular complexity index is 248. The van der Waals surface area contributed by atoms with Crippen molar-refractivity contribution < 1.29 is 5.11 Å². The summed E-state index contributed by atoms with van der Waals surface area (Å²) in [6.07, 6.45) is 5.43. The Labute approximate surface area is 63.9 Å². The molecule has 1 nitrogen and oxygen atoms in total. The third-order valence-corrected chi connectivity index (χ3v) is 1.78. The number of aromatic hydroxyl groups is 1. The summed E-state index contributed by atoms with van der Waals surface area (Å²) in [5, 5.41) is 11.1. The van der Waals surface area contributed by atoms with Gasteiger partial charge < -0.3 is 5.11 Å². The summed E-state index contributed by atoms with van der Waals surface area (Å²) >= 11 is 1.32. The van der Waals surface area contributed by atoms with E-state index in [1.165, 1.54) is 11.3 Å². The normalized spacial score (nSPS) is 10.4. The van der Waals surface area contributed by atoms with Crippen LogP contribution in [0.3, 0.4) is 0 Å². The van der Waals surface area contributed by atoms with Crippen LogP contribution in [0.25, 0.3) is 6.08 Å². The minimum absolute atomic E-state index is 0.351. The monoisotopic (exact) mass is 152 g/mol. The van der Waals surface area contributed by atoms with Crippen LogP contribution in [0.5, 0.6) is 5.06 Å². The quantitative estimate of drug-likeness (QED) is 0.646. The van der Waals surface area contributed by atoms with Crippen molar-refractivity contribution in [1.82, 2.24) is 0 Å². The topological polar surface area (TPSA) is 20.2 Å². The molecule has 0 bridgehead atoms. The summed E-state index contributed by atoms with van der Waals surface area (Å²) in [4.78, 5) is 0. The summed E-state index contributed by atoms with van der Waals surface area (Å²) < 4.78 is 0. The molecule has 1 heterocycles. The fraction of sp³-hybridized carbons (Fsp3) is 0. The van der Waals surface area contributed by atoms with Crippen LogP contribution in [0.4, 0.5) is 0 Å². The average molecular weight is 152 g/mol. The van der Waals surface area contributed by atoms with Gasteiger partial charge in [-0.2, -0.15) is 0 Å². The molecule has 1 aromatic rings. The largest absolute Gasteiger partial charge is 0.499 e. The van der Waals surface area contributed by atoms with Gasteiger partial charge in [0, 0.05) is 5.38 Å². The van der Waals surface area contributed by atoms with E-state index in [9.17, 15) is 0 Å². The van der Waals surface area contributed by atoms with E-state index in [-0.39, 0.29) is 0 Å². The first-order valence-electron chi connectivity index (χ1n) is 2.89. The third kappa shape index (κ3) is 1.74. The predicted molar refractivity (Wildman–Crippen MR) is 45.2 cm³/mol. The highest BCUT2D eigenvalue weighted by Gasteiger charge is 1.90. The van der Waals surface area contributed by atoms with Gasteiger partial charge in [-0.15, -0.1) is 11.3 Å². The Morgan fingerprint density at radius 1 is 1.60 bits per heavy atom. The van der Waals surface area contributed by atoms with Gasteiger partial charge in [-0.05, 0) is 11.6 Å². The highest BCUT2D eigenvalue weighted by molar-refractivity contribution is 7.11. The highest BCUT2D eigenvalue weighted by Crippen LogP contribution is 2.21. The van der Waals surface area contributed by atoms with Crippen molar-refractivity contribution in [3.8, 4) is 5.06 Å². The van der Waals surface area contributed by atoms with Gasteiger partial charge in [-0.25, -0.2) is 0 Å². The molecule has 0 atom stereocenters. The van der Waals surface area contributed by atoms with Gasteiger partial charge in [0.05, 0.1) is 0 Å². The number of hydrogen-bond donors (Lipinski definition) is 1. The highest BCUT2D eigenvalue weighted by atomic mass is 32.1. The first-order chi connectivity index (χ1) is 4.83. The van der Waals surface area contributed by atoms with Crippen molar-refractivity contribution >= 4 is 17.4 Å². The molecule has 1 N–H and O–H groups in total. The van der Waals surface area contributed by atoms with E-state index in [1.807, 2.05) is 17.5 Å². The molecule has 52 valence electrons. The van der Waals surface area contributed by atoms with Gasteiger partial charge in [0.2, 0.25) is 0 Å². The first-order valence-corrected chi connectivity index (χ1v) is 3.77. The molecule has 0 unspecified atom stereocenters. The van der Waals surface area contributed by atoms with Crippen LogP contribution in [-0.2, 0) is 0 Å². The summed E-state index contributed by atoms with van der Waals surface area (Å²) in [7, 11) is 0. The molecule has 10 heavy (non-hydrogen) atoms. The molecule has 0 saturated heterocycles. The molecular weight excluding hydrogens is 144 g/mol. The van der Waals surface area contributed by atoms with E-state index >= 15 is 0 Å². The Morgan fingerprint density at radius 2 is 2.40 bits per heavy atom. The lowest BCUT2D eigenvalue weighted by Crippen LogP contribution is -1.56. The Hall–Kier alpha value is -1.02. The molecule has 0 aromatic carbocycles. The molecule has 2 heteroatoms. The lowest BCUT2D eigenvalue weighted by molar-refractivity contribution is 0.491. The van der Waals surface area contributed by atoms with Crippen LogP contribution < -0.4 is 0 Å². The zero-order valence-corrected chi connectivity index (χ0v) is 6.27. The average Bonchev–Trinajstić information content (AvgIpc) is 2.31. The molecule has 0 spiro atoms. The van der Waals surface area contributed by atoms with Crippen molar-refractivity contribution in [1.29, 1.82) is 0 Å². The lowest BCUT2D eigenvalue weighted by Gasteiger charge is -1.77. The molecule has 0 saturated carbocycles. The van der Waals surface area contributed by atoms with Crippen LogP contribution >= 0.6 is 11.3 Å². The maximum atomic E-state index is 8.91. The molecule has 0 fully saturated rings. The van der Waals surface area contributed by atoms with Crippen LogP contribution in [0.15, 0.2) is 30.2 Å². The van der Waals surface area contributed by atoms with E-state index in [0.717, 1.165) is 5.56 Å². The number of rotatable bonds is 2. The first kappa shape index (κ1) is 7.09. The second-order valence-corrected chi connectivity index (χ2v) is 2.70. The maximum absolute atomic E-state index is 8.91. The van der Waals surface area contributed by atoms with E-state index in [1.54, 1.807) is 12.1 Å². The minimum atomic E-state index is 0.351. The molecule has 1 rings (SSSR count). The van der Waals surface area contributed by atoms with Gasteiger partial charge in [0.25, 0.3) is 0 Å². The number of hydrogen-bond acceptors (Lipinski definition) is 2. The van der Waals surface area contributed by atoms with Crippen molar-refractivity contribution in [3.05, 3.63) is 35.7 Å². The Kier molecular flexibility index (Phi) is 2.29. The van der Waals surface area contributed by atoms with Crippen molar-refractivity contribution in [2.24, 2.45) is 0 Å². The van der Waals surface area contributed by atoms with Crippen molar-refractivity contribution in [3.63, 3.8) is 0 Å². The molecule has 0 amide bonds. The smallest absolute Gasteiger partial charge is 0.171 e. The molecular formula is C8H8OS. The second-order valence-electron chi connectivity index (χ2n) is 1.81. The van der Waals surface area contributed by atoms with Crippen LogP contribution in [0.1, 0.15) is 5.56 Å². The standard InChI is InChI=1S/C8H8OS/c1-2-3-4-7-5-8(9)10-6-7/h2-6,9H,1H2/b4-3+. The molecule has 1 aromatic heterocycles. The van der Waals surface area contributed by atoms with Crippen molar-refractivity contribution in [2.45, 2.75) is 0 Å². The SMILES string of the molecule is C=C/C=C/c1csc(O)c1. The van der Waals surface area contributed by atoms with Crippen LogP contribution in [0.2, 0.25) is 0 Å². The van der Waals surface area contributed by atoms with Crippen LogP contribution in [0, 0.1) is 0 Å². The van der Waals surface area contributed by atoms with E-state index in [0.29, 0.717) is 5.06 Å². The van der Waals surface area contributed by atoms with E-state index in [4.69, 9.17) is 5.11 Å². The van der Waals surface area contributed by atoms with Gasteiger partial charge in [0.1, 0.15) is 0 Å². The van der Waals surface area contributed by atoms with Gasteiger partial charge >= 0.3 is 0 Å². The minimum Gasteiger partial charge on any atom is -0.499 e. The zero-order valence-electron chi connectivity index (χ0n) is 5.45. The van der Waals surface area contributed by atoms with Gasteiger partial charge in [-0.1, -0.05) is 24.8 Å². The summed E-state index contributed by atoms with van der Waals surface area (Å²) in [5.41, 5.74) is 1.02. The number of thiophene rings is 1. The third-order valence-electron chi connectivity index (χ3n) is 1.03. The van der Waals surface area contributed by atoms with E-state index < -0.39 is 0 Å². The van der Waals surface area contributed by atoms with Crippen LogP contribution in [-0.4, -0.2) is 5.11 Å². The molecule has 0 aliphatic carbocycles. The lowest BCUT2D eigenvalue weighted by atomic mass is 10.3. The summed E-state index contributed by atoms with van der Waals surface area (Å²) in [6, 6.07) is 1.71. The Balaban J connectivity index is 2.75. The zero-order chi connectivity index (χ0) is 7.40. The summed E-state index contributed by atoms with van der Waals surface area (Å²) in [5.74, 6) is 0. The number of allylic oxidation sites excluding steroid dienone is 2. The molecule has 0 aliphatic heterocycles. The van der Waals surface area contributed by atoms with Gasteiger partial charge in [-0.3, -0.25) is 0 Å². The van der Waals surface area contributed by atoms with Gasteiger partial charge in [0.15, 0.2) is 5.06 Å². The predicted octanol–water partition coefficient (Wildman–Crippen LogP) is 2.65. The molecule has 0 aliphatic rings. The van der Waals surface area contributed by atoms with Crippen molar-refractivity contribution in [2.75, 3.05) is 0 Å². The summed E-state index contributed by atoms with van der Waals surface area (Å²) in [6.45, 7) is 3.54. The maximum Gasteiger partial charge on any atom is 0.171 e. The van der Waals surface area contributed by atoms with E-state index in [2.05, 4.69) is 6.58 Å². The Morgan fingerprint density at radius 3 is 2.90 bits per heavy atom.